The number of benzene rings is 1. The number of allylic oxidation sites excluding steroid dienone is 3. The minimum atomic E-state index is -0.271. The normalized spacial score (nSPS) is 28.4. The van der Waals surface area contributed by atoms with Crippen LogP contribution in [0.25, 0.3) is 0 Å². The van der Waals surface area contributed by atoms with Crippen LogP contribution in [0.5, 0.6) is 0 Å². The average molecular weight is 398 g/mol. The molecule has 1 aromatic rings. The third-order valence-corrected chi connectivity index (χ3v) is 6.26. The predicted molar refractivity (Wildman–Crippen MR) is 111 cm³/mol. The molecule has 6 heteroatoms. The van der Waals surface area contributed by atoms with Gasteiger partial charge in [-0.3, -0.25) is 14.6 Å². The Hall–Kier alpha value is -2.40. The topological polar surface area (TPSA) is 70.6 Å². The van der Waals surface area contributed by atoms with Gasteiger partial charge in [-0.25, -0.2) is 0 Å². The molecule has 2 saturated carbocycles. The molecular weight excluding hydrogens is 374 g/mol. The number of rotatable bonds is 4. The second-order valence-corrected chi connectivity index (χ2v) is 8.48. The molecule has 5 nitrogen and oxygen atoms in total. The summed E-state index contributed by atoms with van der Waals surface area (Å²) in [5.41, 5.74) is 0.491. The maximum atomic E-state index is 12.8. The summed E-state index contributed by atoms with van der Waals surface area (Å²) in [5.74, 6) is -0.229. The second kappa shape index (κ2) is 7.55. The number of nitrogens with one attached hydrogen (secondary N) is 2. The standard InChI is InChI=1S/C22H24ClN3O2/c23-17-7-4-6-16(14-17)19(27)25-21-9-5-10-22(15-21,12-11-21)26-20(28)18-8-2-1-3-13-24-18/h1,3-4,6-8,13-14H,2,5,9-12,15H2,(H,25,27)(H,26,28). The highest BCUT2D eigenvalue weighted by Gasteiger charge is 2.52. The molecule has 1 aliphatic heterocycles. The van der Waals surface area contributed by atoms with E-state index in [0.717, 1.165) is 38.5 Å². The molecular formula is C22H24ClN3O2. The SMILES string of the molecule is O=C(NC12CCCC(NC(=O)c3cccc(Cl)c3)(CC1)C2)C1=CCC=CC=N1. The second-order valence-electron chi connectivity index (χ2n) is 8.04. The summed E-state index contributed by atoms with van der Waals surface area (Å²) in [5, 5.41) is 7.05. The Balaban J connectivity index is 1.46. The molecule has 2 bridgehead atoms. The molecule has 0 radical (unpaired) electrons. The molecule has 28 heavy (non-hydrogen) atoms. The number of fused-ring (bicyclic) bond motifs is 2. The number of carbonyl (C=O) groups excluding carboxylic acids is 2. The van der Waals surface area contributed by atoms with Crippen LogP contribution in [0.1, 0.15) is 55.3 Å². The Bertz CT molecular complexity index is 892. The zero-order valence-electron chi connectivity index (χ0n) is 15.7. The number of amides is 2. The van der Waals surface area contributed by atoms with Gasteiger partial charge in [0.05, 0.1) is 0 Å². The Morgan fingerprint density at radius 3 is 2.54 bits per heavy atom. The lowest BCUT2D eigenvalue weighted by Crippen LogP contribution is -2.55. The maximum Gasteiger partial charge on any atom is 0.269 e. The highest BCUT2D eigenvalue weighted by Crippen LogP contribution is 2.48. The van der Waals surface area contributed by atoms with Crippen molar-refractivity contribution >= 4 is 29.6 Å². The van der Waals surface area contributed by atoms with Crippen LogP contribution < -0.4 is 10.6 Å². The van der Waals surface area contributed by atoms with Crippen LogP contribution in [0.2, 0.25) is 5.02 Å². The third kappa shape index (κ3) is 3.90. The van der Waals surface area contributed by atoms with Gasteiger partial charge in [0.1, 0.15) is 5.70 Å². The number of nitrogens with zero attached hydrogens (tertiary/aromatic N) is 1. The van der Waals surface area contributed by atoms with Crippen LogP contribution in [-0.4, -0.2) is 29.1 Å². The zero-order valence-corrected chi connectivity index (χ0v) is 16.5. The molecule has 2 atom stereocenters. The van der Waals surface area contributed by atoms with Crippen LogP contribution in [0.4, 0.5) is 0 Å². The molecule has 0 aromatic heterocycles. The smallest absolute Gasteiger partial charge is 0.269 e. The van der Waals surface area contributed by atoms with Gasteiger partial charge in [-0.1, -0.05) is 23.7 Å². The molecule has 2 N–H and O–H groups in total. The Morgan fingerprint density at radius 1 is 1.04 bits per heavy atom. The van der Waals surface area contributed by atoms with Crippen molar-refractivity contribution in [3.8, 4) is 0 Å². The third-order valence-electron chi connectivity index (χ3n) is 6.03. The Morgan fingerprint density at radius 2 is 1.79 bits per heavy atom. The van der Waals surface area contributed by atoms with Gasteiger partial charge < -0.3 is 10.6 Å². The number of hydrogen-bond acceptors (Lipinski definition) is 3. The van der Waals surface area contributed by atoms with E-state index in [4.69, 9.17) is 11.6 Å². The number of hydrogen-bond donors (Lipinski definition) is 2. The summed E-state index contributed by atoms with van der Waals surface area (Å²) in [6.45, 7) is 0. The fraction of sp³-hybridized carbons (Fsp3) is 0.409. The van der Waals surface area contributed by atoms with Crippen molar-refractivity contribution in [1.82, 2.24) is 10.6 Å². The quantitative estimate of drug-likeness (QED) is 0.807. The molecule has 1 heterocycles. The van der Waals surface area contributed by atoms with Crippen molar-refractivity contribution in [2.75, 3.05) is 0 Å². The van der Waals surface area contributed by atoms with E-state index in [9.17, 15) is 9.59 Å². The van der Waals surface area contributed by atoms with Crippen molar-refractivity contribution < 1.29 is 9.59 Å². The van der Waals surface area contributed by atoms with Crippen LogP contribution in [0, 0.1) is 0 Å². The van der Waals surface area contributed by atoms with Crippen molar-refractivity contribution in [2.24, 2.45) is 4.99 Å². The van der Waals surface area contributed by atoms with Crippen LogP contribution in [0.15, 0.2) is 53.2 Å². The molecule has 146 valence electrons. The van der Waals surface area contributed by atoms with Gasteiger partial charge in [0.15, 0.2) is 0 Å². The predicted octanol–water partition coefficient (Wildman–Crippen LogP) is 3.95. The first-order chi connectivity index (χ1) is 13.5. The molecule has 1 aromatic carbocycles. The largest absolute Gasteiger partial charge is 0.347 e. The fourth-order valence-corrected chi connectivity index (χ4v) is 4.92. The summed E-state index contributed by atoms with van der Waals surface area (Å²) in [7, 11) is 0. The van der Waals surface area contributed by atoms with Gasteiger partial charge in [0.25, 0.3) is 11.8 Å². The van der Waals surface area contributed by atoms with Crippen molar-refractivity contribution in [2.45, 2.75) is 56.0 Å². The monoisotopic (exact) mass is 397 g/mol. The first-order valence-electron chi connectivity index (χ1n) is 9.79. The fourth-order valence-electron chi connectivity index (χ4n) is 4.73. The molecule has 0 saturated heterocycles. The van der Waals surface area contributed by atoms with Gasteiger partial charge in [-0.15, -0.1) is 0 Å². The zero-order chi connectivity index (χ0) is 19.6. The Labute approximate surface area is 169 Å². The van der Waals surface area contributed by atoms with E-state index < -0.39 is 0 Å². The van der Waals surface area contributed by atoms with Crippen molar-refractivity contribution in [1.29, 1.82) is 0 Å². The van der Waals surface area contributed by atoms with Crippen molar-refractivity contribution in [3.63, 3.8) is 0 Å². The van der Waals surface area contributed by atoms with Crippen molar-refractivity contribution in [3.05, 3.63) is 58.8 Å². The highest BCUT2D eigenvalue weighted by atomic mass is 35.5. The minimum absolute atomic E-state index is 0.103. The molecule has 2 amide bonds. The van der Waals surface area contributed by atoms with Crippen LogP contribution in [0.3, 0.4) is 0 Å². The lowest BCUT2D eigenvalue weighted by molar-refractivity contribution is -0.119. The summed E-state index contributed by atoms with van der Waals surface area (Å²) in [4.78, 5) is 29.8. The van der Waals surface area contributed by atoms with Gasteiger partial charge in [0, 0.05) is 27.9 Å². The molecule has 2 fully saturated rings. The molecule has 2 aliphatic carbocycles. The van der Waals surface area contributed by atoms with Gasteiger partial charge in [-0.05, 0) is 75.3 Å². The maximum absolute atomic E-state index is 12.8. The number of carbonyl (C=O) groups is 2. The van der Waals surface area contributed by atoms with Crippen LogP contribution in [-0.2, 0) is 4.79 Å². The lowest BCUT2D eigenvalue weighted by Gasteiger charge is -2.40. The van der Waals surface area contributed by atoms with E-state index in [1.807, 2.05) is 18.2 Å². The first kappa shape index (κ1) is 18.9. The molecule has 0 spiro atoms. The van der Waals surface area contributed by atoms with Crippen LogP contribution >= 0.6 is 11.6 Å². The average Bonchev–Trinajstić information content (AvgIpc) is 2.86. The molecule has 3 aliphatic rings. The van der Waals surface area contributed by atoms with E-state index in [1.165, 1.54) is 0 Å². The van der Waals surface area contributed by atoms with E-state index >= 15 is 0 Å². The van der Waals surface area contributed by atoms with E-state index in [-0.39, 0.29) is 22.9 Å². The summed E-state index contributed by atoms with van der Waals surface area (Å²) < 4.78 is 0. The van der Waals surface area contributed by atoms with E-state index in [0.29, 0.717) is 22.7 Å². The lowest BCUT2D eigenvalue weighted by atomic mass is 9.78. The Kier molecular flexibility index (Phi) is 5.11. The summed E-state index contributed by atoms with van der Waals surface area (Å²) in [6, 6.07) is 7.00. The summed E-state index contributed by atoms with van der Waals surface area (Å²) in [6.07, 6.45) is 13.3. The molecule has 4 rings (SSSR count). The van der Waals surface area contributed by atoms with Gasteiger partial charge in [-0.2, -0.15) is 0 Å². The van der Waals surface area contributed by atoms with Gasteiger partial charge >= 0.3 is 0 Å². The van der Waals surface area contributed by atoms with E-state index in [2.05, 4.69) is 15.6 Å². The number of aliphatic imine (C=N–C) groups is 1. The molecule has 2 unspecified atom stereocenters. The summed E-state index contributed by atoms with van der Waals surface area (Å²) >= 11 is 6.02. The van der Waals surface area contributed by atoms with E-state index in [1.54, 1.807) is 30.5 Å². The minimum Gasteiger partial charge on any atom is -0.347 e. The first-order valence-corrected chi connectivity index (χ1v) is 10.2. The van der Waals surface area contributed by atoms with Gasteiger partial charge in [0.2, 0.25) is 0 Å². The number of halogens is 1. The highest BCUT2D eigenvalue weighted by molar-refractivity contribution is 6.30.